The number of likely N-dealkylation sites (tertiary alicyclic amines) is 1. The number of ketones is 1. The third-order valence-electron chi connectivity index (χ3n) is 3.28. The lowest BCUT2D eigenvalue weighted by Gasteiger charge is -2.27. The lowest BCUT2D eigenvalue weighted by Crippen LogP contribution is -2.37. The van der Waals surface area contributed by atoms with Gasteiger partial charge in [0.15, 0.2) is 5.78 Å². The van der Waals surface area contributed by atoms with Crippen molar-refractivity contribution in [3.05, 3.63) is 34.9 Å². The summed E-state index contributed by atoms with van der Waals surface area (Å²) in [6.45, 7) is 3.01. The van der Waals surface area contributed by atoms with Crippen LogP contribution in [0.1, 0.15) is 29.6 Å². The minimum absolute atomic E-state index is 0. The fraction of sp³-hybridized carbons (Fsp3) is 0.500. The van der Waals surface area contributed by atoms with Crippen LogP contribution >= 0.6 is 44.5 Å². The highest BCUT2D eigenvalue weighted by atomic mass is 79.9. The molecule has 1 aliphatic rings. The van der Waals surface area contributed by atoms with E-state index in [2.05, 4.69) is 20.8 Å². The summed E-state index contributed by atoms with van der Waals surface area (Å²) in [6.07, 6.45) is 3.80. The summed E-state index contributed by atoms with van der Waals surface area (Å²) < 4.78 is 0. The maximum absolute atomic E-state index is 12.2. The molecule has 1 aromatic carbocycles. The highest BCUT2D eigenvalue weighted by Crippen LogP contribution is 2.17. The minimum Gasteiger partial charge on any atom is -0.302 e. The van der Waals surface area contributed by atoms with E-state index < -0.39 is 0 Å². The zero-order chi connectivity index (χ0) is 13.0. The van der Waals surface area contributed by atoms with E-state index in [1.165, 1.54) is 19.3 Å². The standard InChI is InChI=1S/C14H17BrClNO.BrH/c15-13(10-17-8-2-1-3-9-17)14(18)11-4-6-12(16)7-5-11;/h4-7,13H,1-3,8-10H2;1H. The van der Waals surface area contributed by atoms with Crippen LogP contribution in [-0.2, 0) is 0 Å². The Labute approximate surface area is 138 Å². The summed E-state index contributed by atoms with van der Waals surface area (Å²) in [5.41, 5.74) is 0.721. The topological polar surface area (TPSA) is 20.3 Å². The quantitative estimate of drug-likeness (QED) is 0.542. The van der Waals surface area contributed by atoms with Gasteiger partial charge in [-0.05, 0) is 50.2 Å². The van der Waals surface area contributed by atoms with Crippen LogP contribution in [0.25, 0.3) is 0 Å². The second-order valence-electron chi connectivity index (χ2n) is 4.70. The summed E-state index contributed by atoms with van der Waals surface area (Å²) in [6, 6.07) is 7.09. The van der Waals surface area contributed by atoms with Crippen molar-refractivity contribution in [1.29, 1.82) is 0 Å². The number of benzene rings is 1. The predicted molar refractivity (Wildman–Crippen MR) is 89.1 cm³/mol. The van der Waals surface area contributed by atoms with Gasteiger partial charge in [-0.2, -0.15) is 0 Å². The number of rotatable bonds is 4. The average Bonchev–Trinajstić information content (AvgIpc) is 2.40. The van der Waals surface area contributed by atoms with E-state index in [0.717, 1.165) is 25.2 Å². The first kappa shape index (κ1) is 17.2. The number of carbonyl (C=O) groups excluding carboxylic acids is 1. The lowest BCUT2D eigenvalue weighted by atomic mass is 10.1. The molecule has 0 spiro atoms. The number of carbonyl (C=O) groups is 1. The molecule has 2 rings (SSSR count). The van der Waals surface area contributed by atoms with Gasteiger partial charge in [-0.3, -0.25) is 4.79 Å². The molecule has 0 amide bonds. The van der Waals surface area contributed by atoms with Crippen LogP contribution < -0.4 is 0 Å². The van der Waals surface area contributed by atoms with Gasteiger partial charge in [0.2, 0.25) is 0 Å². The van der Waals surface area contributed by atoms with Gasteiger partial charge in [0, 0.05) is 17.1 Å². The Morgan fingerprint density at radius 3 is 2.37 bits per heavy atom. The molecule has 0 saturated carbocycles. The Hall–Kier alpha value is 0.1000. The molecule has 0 bridgehead atoms. The number of nitrogens with zero attached hydrogens (tertiary/aromatic N) is 1. The van der Waals surface area contributed by atoms with Crippen molar-refractivity contribution < 1.29 is 4.79 Å². The van der Waals surface area contributed by atoms with Gasteiger partial charge in [-0.25, -0.2) is 0 Å². The maximum atomic E-state index is 12.2. The largest absolute Gasteiger partial charge is 0.302 e. The van der Waals surface area contributed by atoms with Gasteiger partial charge >= 0.3 is 0 Å². The minimum atomic E-state index is -0.128. The third kappa shape index (κ3) is 5.18. The van der Waals surface area contributed by atoms with Crippen LogP contribution in [0.5, 0.6) is 0 Å². The van der Waals surface area contributed by atoms with E-state index in [0.29, 0.717) is 5.02 Å². The molecule has 1 fully saturated rings. The monoisotopic (exact) mass is 409 g/mol. The highest BCUT2D eigenvalue weighted by Gasteiger charge is 2.21. The van der Waals surface area contributed by atoms with Crippen LogP contribution in [0.4, 0.5) is 0 Å². The van der Waals surface area contributed by atoms with Crippen molar-refractivity contribution in [2.45, 2.75) is 24.1 Å². The highest BCUT2D eigenvalue weighted by molar-refractivity contribution is 9.10. The van der Waals surface area contributed by atoms with Crippen molar-refractivity contribution in [1.82, 2.24) is 4.90 Å². The van der Waals surface area contributed by atoms with Gasteiger partial charge in [0.05, 0.1) is 4.83 Å². The fourth-order valence-corrected chi connectivity index (χ4v) is 3.05. The predicted octanol–water partition coefficient (Wildman–Crippen LogP) is 4.35. The van der Waals surface area contributed by atoms with E-state index in [1.54, 1.807) is 24.3 Å². The molecule has 0 aromatic heterocycles. The molecule has 1 unspecified atom stereocenters. The molecule has 19 heavy (non-hydrogen) atoms. The number of piperidine rings is 1. The normalized spacial score (nSPS) is 17.6. The van der Waals surface area contributed by atoms with E-state index >= 15 is 0 Å². The number of halogens is 3. The average molecular weight is 412 g/mol. The van der Waals surface area contributed by atoms with Crippen LogP contribution in [0.3, 0.4) is 0 Å². The fourth-order valence-electron chi connectivity index (χ4n) is 2.25. The molecule has 1 aliphatic heterocycles. The molecule has 1 atom stereocenters. The first-order valence-electron chi connectivity index (χ1n) is 6.33. The smallest absolute Gasteiger partial charge is 0.177 e. The summed E-state index contributed by atoms with van der Waals surface area (Å²) in [4.78, 5) is 14.4. The first-order chi connectivity index (χ1) is 8.66. The van der Waals surface area contributed by atoms with Crippen molar-refractivity contribution >= 4 is 50.3 Å². The number of hydrogen-bond donors (Lipinski definition) is 0. The summed E-state index contributed by atoms with van der Waals surface area (Å²) in [5.74, 6) is 0.136. The molecule has 1 heterocycles. The summed E-state index contributed by atoms with van der Waals surface area (Å²) in [7, 11) is 0. The molecule has 2 nitrogen and oxygen atoms in total. The molecule has 1 saturated heterocycles. The Morgan fingerprint density at radius 1 is 1.21 bits per heavy atom. The van der Waals surface area contributed by atoms with Crippen molar-refractivity contribution in [2.75, 3.05) is 19.6 Å². The second-order valence-corrected chi connectivity index (χ2v) is 6.24. The van der Waals surface area contributed by atoms with Crippen LogP contribution in [-0.4, -0.2) is 35.1 Å². The third-order valence-corrected chi connectivity index (χ3v) is 4.24. The summed E-state index contributed by atoms with van der Waals surface area (Å²) >= 11 is 9.33. The Bertz CT molecular complexity index is 404. The van der Waals surface area contributed by atoms with Crippen molar-refractivity contribution in [3.63, 3.8) is 0 Å². The SMILES string of the molecule is Br.O=C(c1ccc(Cl)cc1)C(Br)CN1CCCCC1. The molecule has 0 radical (unpaired) electrons. The molecule has 5 heteroatoms. The Morgan fingerprint density at radius 2 is 1.79 bits per heavy atom. The number of alkyl halides is 1. The molecular weight excluding hydrogens is 393 g/mol. The Balaban J connectivity index is 0.00000180. The van der Waals surface area contributed by atoms with Gasteiger partial charge in [0.25, 0.3) is 0 Å². The van der Waals surface area contributed by atoms with E-state index in [-0.39, 0.29) is 27.6 Å². The van der Waals surface area contributed by atoms with E-state index in [1.807, 2.05) is 0 Å². The number of hydrogen-bond acceptors (Lipinski definition) is 2. The first-order valence-corrected chi connectivity index (χ1v) is 7.62. The molecule has 1 aromatic rings. The van der Waals surface area contributed by atoms with Gasteiger partial charge in [0.1, 0.15) is 0 Å². The van der Waals surface area contributed by atoms with Crippen LogP contribution in [0.2, 0.25) is 5.02 Å². The van der Waals surface area contributed by atoms with Crippen LogP contribution in [0, 0.1) is 0 Å². The van der Waals surface area contributed by atoms with Crippen molar-refractivity contribution in [2.24, 2.45) is 0 Å². The molecule has 106 valence electrons. The van der Waals surface area contributed by atoms with Gasteiger partial charge in [-0.1, -0.05) is 34.0 Å². The van der Waals surface area contributed by atoms with Gasteiger partial charge in [-0.15, -0.1) is 17.0 Å². The Kier molecular flexibility index (Phi) is 7.58. The number of Topliss-reactive ketones (excluding diaryl/α,β-unsaturated/α-hetero) is 1. The van der Waals surface area contributed by atoms with Gasteiger partial charge < -0.3 is 4.90 Å². The van der Waals surface area contributed by atoms with Crippen LogP contribution in [0.15, 0.2) is 24.3 Å². The molecule has 0 N–H and O–H groups in total. The maximum Gasteiger partial charge on any atom is 0.177 e. The molecular formula is C14H18Br2ClNO. The zero-order valence-electron chi connectivity index (χ0n) is 10.6. The lowest BCUT2D eigenvalue weighted by molar-refractivity contribution is 0.0970. The zero-order valence-corrected chi connectivity index (χ0v) is 14.7. The van der Waals surface area contributed by atoms with E-state index in [4.69, 9.17) is 11.6 Å². The van der Waals surface area contributed by atoms with Crippen molar-refractivity contribution in [3.8, 4) is 0 Å². The second kappa shape index (κ2) is 8.40. The van der Waals surface area contributed by atoms with E-state index in [9.17, 15) is 4.79 Å². The summed E-state index contributed by atoms with van der Waals surface area (Å²) in [5, 5.41) is 0.661. The molecule has 0 aliphatic carbocycles.